The summed E-state index contributed by atoms with van der Waals surface area (Å²) in [7, 11) is 2.22. The van der Waals surface area contributed by atoms with E-state index in [1.807, 2.05) is 4.90 Å². The minimum atomic E-state index is 0.199. The standard InChI is InChI=1S/C11H20N2OS/c1-12-5-2-3-9-7-13(11(14)8-15)6-4-10(9)12/h9-10,15H,2-8H2,1H3. The highest BCUT2D eigenvalue weighted by atomic mass is 32.1. The molecule has 0 radical (unpaired) electrons. The Morgan fingerprint density at radius 1 is 1.40 bits per heavy atom. The van der Waals surface area contributed by atoms with Crippen LogP contribution >= 0.6 is 12.6 Å². The Balaban J connectivity index is 1.96. The molecule has 0 aromatic carbocycles. The lowest BCUT2D eigenvalue weighted by molar-refractivity contribution is -0.131. The summed E-state index contributed by atoms with van der Waals surface area (Å²) in [5.41, 5.74) is 0. The summed E-state index contributed by atoms with van der Waals surface area (Å²) >= 11 is 4.06. The molecule has 2 atom stereocenters. The van der Waals surface area contributed by atoms with Crippen molar-refractivity contribution < 1.29 is 4.79 Å². The van der Waals surface area contributed by atoms with E-state index in [1.54, 1.807) is 0 Å². The van der Waals surface area contributed by atoms with Crippen LogP contribution in [0.4, 0.5) is 0 Å². The molecule has 2 heterocycles. The van der Waals surface area contributed by atoms with E-state index in [0.717, 1.165) is 19.5 Å². The van der Waals surface area contributed by atoms with Gasteiger partial charge in [-0.15, -0.1) is 0 Å². The summed E-state index contributed by atoms with van der Waals surface area (Å²) in [6.45, 7) is 3.10. The van der Waals surface area contributed by atoms with Crippen molar-refractivity contribution in [3.05, 3.63) is 0 Å². The summed E-state index contributed by atoms with van der Waals surface area (Å²) in [4.78, 5) is 16.0. The average molecular weight is 228 g/mol. The number of likely N-dealkylation sites (tertiary alicyclic amines) is 2. The number of hydrogen-bond acceptors (Lipinski definition) is 3. The number of carbonyl (C=O) groups excluding carboxylic acids is 1. The molecule has 2 aliphatic rings. The van der Waals surface area contributed by atoms with E-state index < -0.39 is 0 Å². The van der Waals surface area contributed by atoms with Crippen molar-refractivity contribution in [2.45, 2.75) is 25.3 Å². The maximum Gasteiger partial charge on any atom is 0.232 e. The quantitative estimate of drug-likeness (QED) is 0.673. The van der Waals surface area contributed by atoms with Crippen LogP contribution in [0.1, 0.15) is 19.3 Å². The van der Waals surface area contributed by atoms with Crippen molar-refractivity contribution in [3.8, 4) is 0 Å². The largest absolute Gasteiger partial charge is 0.342 e. The van der Waals surface area contributed by atoms with Crippen LogP contribution in [-0.2, 0) is 4.79 Å². The predicted molar refractivity (Wildman–Crippen MR) is 64.2 cm³/mol. The van der Waals surface area contributed by atoms with Crippen molar-refractivity contribution in [2.24, 2.45) is 5.92 Å². The lowest BCUT2D eigenvalue weighted by Gasteiger charge is -2.45. The van der Waals surface area contributed by atoms with Crippen LogP contribution in [0.5, 0.6) is 0 Å². The number of piperidine rings is 2. The van der Waals surface area contributed by atoms with Gasteiger partial charge in [0, 0.05) is 19.1 Å². The van der Waals surface area contributed by atoms with Gasteiger partial charge in [0.25, 0.3) is 0 Å². The zero-order valence-corrected chi connectivity index (χ0v) is 10.2. The summed E-state index contributed by atoms with van der Waals surface area (Å²) in [6.07, 6.45) is 3.70. The van der Waals surface area contributed by atoms with Crippen LogP contribution in [0.15, 0.2) is 0 Å². The fourth-order valence-electron chi connectivity index (χ4n) is 2.98. The number of rotatable bonds is 1. The van der Waals surface area contributed by atoms with Gasteiger partial charge in [0.05, 0.1) is 5.75 Å². The molecule has 0 N–H and O–H groups in total. The van der Waals surface area contributed by atoms with Crippen LogP contribution in [0.3, 0.4) is 0 Å². The molecule has 0 aliphatic carbocycles. The van der Waals surface area contributed by atoms with Gasteiger partial charge in [-0.2, -0.15) is 12.6 Å². The van der Waals surface area contributed by atoms with Gasteiger partial charge in [-0.05, 0) is 38.8 Å². The van der Waals surface area contributed by atoms with Gasteiger partial charge < -0.3 is 9.80 Å². The second kappa shape index (κ2) is 4.74. The molecule has 3 nitrogen and oxygen atoms in total. The van der Waals surface area contributed by atoms with E-state index in [9.17, 15) is 4.79 Å². The van der Waals surface area contributed by atoms with Crippen molar-refractivity contribution in [3.63, 3.8) is 0 Å². The number of thiol groups is 1. The highest BCUT2D eigenvalue weighted by Gasteiger charge is 2.35. The minimum absolute atomic E-state index is 0.199. The number of carbonyl (C=O) groups is 1. The molecule has 0 aromatic heterocycles. The highest BCUT2D eigenvalue weighted by Crippen LogP contribution is 2.29. The normalized spacial score (nSPS) is 32.5. The smallest absolute Gasteiger partial charge is 0.232 e. The monoisotopic (exact) mass is 228 g/mol. The molecular weight excluding hydrogens is 208 g/mol. The van der Waals surface area contributed by atoms with Crippen molar-refractivity contribution in [1.29, 1.82) is 0 Å². The Hall–Kier alpha value is -0.220. The molecule has 2 aliphatic heterocycles. The molecule has 2 rings (SSSR count). The molecule has 2 saturated heterocycles. The van der Waals surface area contributed by atoms with Crippen LogP contribution in [-0.4, -0.2) is 54.2 Å². The lowest BCUT2D eigenvalue weighted by atomic mass is 9.84. The fourth-order valence-corrected chi connectivity index (χ4v) is 3.18. The molecule has 1 amide bonds. The first-order chi connectivity index (χ1) is 7.22. The first kappa shape index (κ1) is 11.3. The first-order valence-electron chi connectivity index (χ1n) is 5.81. The third-order valence-corrected chi connectivity index (χ3v) is 4.10. The summed E-state index contributed by atoms with van der Waals surface area (Å²) in [6, 6.07) is 0.711. The van der Waals surface area contributed by atoms with Crippen LogP contribution in [0, 0.1) is 5.92 Å². The summed E-state index contributed by atoms with van der Waals surface area (Å²) in [5, 5.41) is 0. The van der Waals surface area contributed by atoms with Gasteiger partial charge in [0.1, 0.15) is 0 Å². The zero-order chi connectivity index (χ0) is 10.8. The number of fused-ring (bicyclic) bond motifs is 1. The van der Waals surface area contributed by atoms with Crippen molar-refractivity contribution >= 4 is 18.5 Å². The molecule has 0 saturated carbocycles. The maximum absolute atomic E-state index is 11.6. The van der Waals surface area contributed by atoms with Gasteiger partial charge in [0.15, 0.2) is 0 Å². The van der Waals surface area contributed by atoms with E-state index in [-0.39, 0.29) is 5.91 Å². The third-order valence-electron chi connectivity index (χ3n) is 3.83. The molecule has 2 fully saturated rings. The molecule has 0 spiro atoms. The van der Waals surface area contributed by atoms with Crippen molar-refractivity contribution in [2.75, 3.05) is 32.4 Å². The molecule has 4 heteroatoms. The zero-order valence-electron chi connectivity index (χ0n) is 9.35. The third kappa shape index (κ3) is 2.31. The Morgan fingerprint density at radius 3 is 2.93 bits per heavy atom. The maximum atomic E-state index is 11.6. The van der Waals surface area contributed by atoms with Gasteiger partial charge in [-0.25, -0.2) is 0 Å². The second-order valence-electron chi connectivity index (χ2n) is 4.74. The van der Waals surface area contributed by atoms with Gasteiger partial charge in [-0.1, -0.05) is 0 Å². The molecule has 15 heavy (non-hydrogen) atoms. The summed E-state index contributed by atoms with van der Waals surface area (Å²) < 4.78 is 0. The summed E-state index contributed by atoms with van der Waals surface area (Å²) in [5.74, 6) is 1.25. The first-order valence-corrected chi connectivity index (χ1v) is 6.44. The van der Waals surface area contributed by atoms with Crippen molar-refractivity contribution in [1.82, 2.24) is 9.80 Å². The fraction of sp³-hybridized carbons (Fsp3) is 0.909. The Bertz CT molecular complexity index is 247. The van der Waals surface area contributed by atoms with E-state index in [1.165, 1.54) is 19.4 Å². The average Bonchev–Trinajstić information content (AvgIpc) is 2.28. The lowest BCUT2D eigenvalue weighted by Crippen LogP contribution is -2.54. The SMILES string of the molecule is CN1CCCC2CN(C(=O)CS)CCC21. The van der Waals surface area contributed by atoms with Crippen LogP contribution in [0.2, 0.25) is 0 Å². The van der Waals surface area contributed by atoms with Gasteiger partial charge in [-0.3, -0.25) is 4.79 Å². The van der Waals surface area contributed by atoms with E-state index >= 15 is 0 Å². The Morgan fingerprint density at radius 2 is 2.20 bits per heavy atom. The van der Waals surface area contributed by atoms with Gasteiger partial charge in [0.2, 0.25) is 5.91 Å². The van der Waals surface area contributed by atoms with E-state index in [0.29, 0.717) is 17.7 Å². The number of nitrogens with zero attached hydrogens (tertiary/aromatic N) is 2. The van der Waals surface area contributed by atoms with Gasteiger partial charge >= 0.3 is 0 Å². The van der Waals surface area contributed by atoms with Crippen LogP contribution in [0.25, 0.3) is 0 Å². The molecule has 0 bridgehead atoms. The molecule has 2 unspecified atom stereocenters. The Kier molecular flexibility index (Phi) is 3.57. The van der Waals surface area contributed by atoms with Crippen LogP contribution < -0.4 is 0 Å². The Labute approximate surface area is 97.2 Å². The minimum Gasteiger partial charge on any atom is -0.342 e. The highest BCUT2D eigenvalue weighted by molar-refractivity contribution is 7.81. The molecule has 86 valence electrons. The topological polar surface area (TPSA) is 23.6 Å². The predicted octanol–water partition coefficient (Wildman–Crippen LogP) is 0.859. The number of hydrogen-bond donors (Lipinski definition) is 1. The molecular formula is C11H20N2OS. The van der Waals surface area contributed by atoms with E-state index in [4.69, 9.17) is 0 Å². The van der Waals surface area contributed by atoms with E-state index in [2.05, 4.69) is 24.6 Å². The molecule has 0 aromatic rings. The second-order valence-corrected chi connectivity index (χ2v) is 5.05. The number of amides is 1.